The summed E-state index contributed by atoms with van der Waals surface area (Å²) >= 11 is 5.96. The number of aryl methyl sites for hydroxylation is 1. The van der Waals surface area contributed by atoms with Crippen LogP contribution in [0.25, 0.3) is 0 Å². The van der Waals surface area contributed by atoms with Crippen molar-refractivity contribution in [1.29, 1.82) is 5.26 Å². The Kier molecular flexibility index (Phi) is 3.81. The molecule has 0 saturated carbocycles. The van der Waals surface area contributed by atoms with Crippen LogP contribution in [0.1, 0.15) is 17.0 Å². The average molecular weight is 258 g/mol. The first-order valence-corrected chi connectivity index (χ1v) is 5.93. The lowest BCUT2D eigenvalue weighted by molar-refractivity contribution is 1.01. The van der Waals surface area contributed by atoms with Crippen LogP contribution in [0.4, 0.5) is 5.69 Å². The van der Waals surface area contributed by atoms with Crippen LogP contribution >= 0.6 is 11.6 Å². The fraction of sp³-hybridized carbons (Fsp3) is 0.143. The third kappa shape index (κ3) is 2.79. The van der Waals surface area contributed by atoms with E-state index in [1.54, 1.807) is 6.07 Å². The predicted octanol–water partition coefficient (Wildman–Crippen LogP) is 3.53. The maximum absolute atomic E-state index is 9.05. The van der Waals surface area contributed by atoms with Crippen LogP contribution in [0, 0.1) is 18.3 Å². The molecule has 0 unspecified atom stereocenters. The van der Waals surface area contributed by atoms with Gasteiger partial charge in [-0.25, -0.2) is 0 Å². The van der Waals surface area contributed by atoms with E-state index in [0.717, 1.165) is 17.1 Å². The molecule has 90 valence electrons. The molecule has 0 aliphatic carbocycles. The number of anilines is 1. The van der Waals surface area contributed by atoms with Crippen LogP contribution in [-0.4, -0.2) is 4.98 Å². The zero-order valence-electron chi connectivity index (χ0n) is 9.94. The number of hydrogen-bond donors (Lipinski definition) is 1. The summed E-state index contributed by atoms with van der Waals surface area (Å²) in [6.07, 6.45) is 0. The lowest BCUT2D eigenvalue weighted by atomic mass is 10.2. The molecule has 1 N–H and O–H groups in total. The van der Waals surface area contributed by atoms with E-state index in [0.29, 0.717) is 17.1 Å². The van der Waals surface area contributed by atoms with Gasteiger partial charge in [0.15, 0.2) is 0 Å². The first-order valence-electron chi connectivity index (χ1n) is 5.55. The van der Waals surface area contributed by atoms with Crippen molar-refractivity contribution in [3.05, 3.63) is 58.4 Å². The SMILES string of the molecule is Cc1cccc(CNc2cccc(Cl)c2C#N)n1. The molecule has 2 aromatic rings. The second-order valence-electron chi connectivity index (χ2n) is 3.90. The van der Waals surface area contributed by atoms with Crippen LogP contribution in [0.2, 0.25) is 5.02 Å². The van der Waals surface area contributed by atoms with E-state index < -0.39 is 0 Å². The van der Waals surface area contributed by atoms with Crippen LogP contribution < -0.4 is 5.32 Å². The van der Waals surface area contributed by atoms with Crippen molar-refractivity contribution < 1.29 is 0 Å². The second kappa shape index (κ2) is 5.52. The summed E-state index contributed by atoms with van der Waals surface area (Å²) in [6, 6.07) is 13.3. The normalized spacial score (nSPS) is 9.83. The van der Waals surface area contributed by atoms with E-state index >= 15 is 0 Å². The van der Waals surface area contributed by atoms with Gasteiger partial charge < -0.3 is 5.32 Å². The summed E-state index contributed by atoms with van der Waals surface area (Å²) in [5.74, 6) is 0. The van der Waals surface area contributed by atoms with E-state index in [-0.39, 0.29) is 0 Å². The number of hydrogen-bond acceptors (Lipinski definition) is 3. The Hall–Kier alpha value is -2.05. The molecule has 0 aliphatic heterocycles. The van der Waals surface area contributed by atoms with Crippen LogP contribution in [-0.2, 0) is 6.54 Å². The molecule has 2 rings (SSSR count). The Morgan fingerprint density at radius 2 is 2.06 bits per heavy atom. The molecular formula is C14H12ClN3. The number of nitriles is 1. The average Bonchev–Trinajstić information content (AvgIpc) is 2.36. The summed E-state index contributed by atoms with van der Waals surface area (Å²) in [5.41, 5.74) is 3.10. The largest absolute Gasteiger partial charge is 0.378 e. The molecule has 1 aromatic heterocycles. The van der Waals surface area contributed by atoms with Gasteiger partial charge in [0, 0.05) is 5.69 Å². The molecule has 1 heterocycles. The number of rotatable bonds is 3. The standard InChI is InChI=1S/C14H12ClN3/c1-10-4-2-5-11(18-10)9-17-14-7-3-6-13(15)12(14)8-16/h2-7,17H,9H2,1H3. The second-order valence-corrected chi connectivity index (χ2v) is 4.31. The molecule has 18 heavy (non-hydrogen) atoms. The molecule has 4 heteroatoms. The first-order chi connectivity index (χ1) is 8.70. The first kappa shape index (κ1) is 12.4. The Balaban J connectivity index is 2.16. The van der Waals surface area contributed by atoms with E-state index in [1.807, 2.05) is 37.3 Å². The highest BCUT2D eigenvalue weighted by molar-refractivity contribution is 6.32. The maximum atomic E-state index is 9.05. The monoisotopic (exact) mass is 257 g/mol. The minimum absolute atomic E-state index is 0.458. The quantitative estimate of drug-likeness (QED) is 0.915. The molecule has 0 amide bonds. The van der Waals surface area contributed by atoms with Crippen molar-refractivity contribution in [1.82, 2.24) is 4.98 Å². The highest BCUT2D eigenvalue weighted by atomic mass is 35.5. The summed E-state index contributed by atoms with van der Waals surface area (Å²) in [7, 11) is 0. The number of pyridine rings is 1. The van der Waals surface area contributed by atoms with Crippen molar-refractivity contribution >= 4 is 17.3 Å². The Morgan fingerprint density at radius 3 is 2.78 bits per heavy atom. The minimum Gasteiger partial charge on any atom is -0.378 e. The molecule has 0 bridgehead atoms. The fourth-order valence-electron chi connectivity index (χ4n) is 1.67. The number of nitrogens with zero attached hydrogens (tertiary/aromatic N) is 2. The molecule has 0 spiro atoms. The van der Waals surface area contributed by atoms with Crippen LogP contribution in [0.15, 0.2) is 36.4 Å². The van der Waals surface area contributed by atoms with Gasteiger partial charge in [-0.3, -0.25) is 4.98 Å². The lowest BCUT2D eigenvalue weighted by Gasteiger charge is -2.09. The van der Waals surface area contributed by atoms with Crippen LogP contribution in [0.3, 0.4) is 0 Å². The summed E-state index contributed by atoms with van der Waals surface area (Å²) in [4.78, 5) is 4.39. The predicted molar refractivity (Wildman–Crippen MR) is 72.5 cm³/mol. The maximum Gasteiger partial charge on any atom is 0.103 e. The van der Waals surface area contributed by atoms with Gasteiger partial charge in [-0.05, 0) is 31.2 Å². The van der Waals surface area contributed by atoms with Gasteiger partial charge in [0.1, 0.15) is 6.07 Å². The lowest BCUT2D eigenvalue weighted by Crippen LogP contribution is -2.03. The Bertz CT molecular complexity index is 602. The Morgan fingerprint density at radius 1 is 1.28 bits per heavy atom. The molecule has 0 fully saturated rings. The van der Waals surface area contributed by atoms with Gasteiger partial charge in [0.25, 0.3) is 0 Å². The highest BCUT2D eigenvalue weighted by Gasteiger charge is 2.05. The van der Waals surface area contributed by atoms with E-state index in [9.17, 15) is 0 Å². The van der Waals surface area contributed by atoms with Crippen molar-refractivity contribution in [2.75, 3.05) is 5.32 Å². The van der Waals surface area contributed by atoms with Gasteiger partial charge in [-0.1, -0.05) is 23.7 Å². The topological polar surface area (TPSA) is 48.7 Å². The third-order valence-electron chi connectivity index (χ3n) is 2.53. The summed E-state index contributed by atoms with van der Waals surface area (Å²) < 4.78 is 0. The smallest absolute Gasteiger partial charge is 0.103 e. The van der Waals surface area contributed by atoms with Crippen molar-refractivity contribution in [2.24, 2.45) is 0 Å². The zero-order valence-corrected chi connectivity index (χ0v) is 10.7. The molecule has 0 atom stereocenters. The minimum atomic E-state index is 0.458. The van der Waals surface area contributed by atoms with E-state index in [2.05, 4.69) is 16.4 Å². The summed E-state index contributed by atoms with van der Waals surface area (Å²) in [6.45, 7) is 2.51. The number of halogens is 1. The number of nitrogens with one attached hydrogen (secondary N) is 1. The molecule has 0 saturated heterocycles. The fourth-order valence-corrected chi connectivity index (χ4v) is 1.89. The van der Waals surface area contributed by atoms with E-state index in [1.165, 1.54) is 0 Å². The molecule has 1 aromatic carbocycles. The van der Waals surface area contributed by atoms with Gasteiger partial charge in [0.05, 0.1) is 28.5 Å². The Labute approximate surface area is 111 Å². The highest BCUT2D eigenvalue weighted by Crippen LogP contribution is 2.23. The van der Waals surface area contributed by atoms with Gasteiger partial charge in [-0.2, -0.15) is 5.26 Å². The van der Waals surface area contributed by atoms with Crippen molar-refractivity contribution in [3.63, 3.8) is 0 Å². The zero-order chi connectivity index (χ0) is 13.0. The van der Waals surface area contributed by atoms with Crippen LogP contribution in [0.5, 0.6) is 0 Å². The van der Waals surface area contributed by atoms with Gasteiger partial charge in [-0.15, -0.1) is 0 Å². The number of benzene rings is 1. The number of aromatic nitrogens is 1. The third-order valence-corrected chi connectivity index (χ3v) is 2.85. The molecule has 0 aliphatic rings. The van der Waals surface area contributed by atoms with Gasteiger partial charge in [0.2, 0.25) is 0 Å². The molecule has 0 radical (unpaired) electrons. The van der Waals surface area contributed by atoms with E-state index in [4.69, 9.17) is 16.9 Å². The van der Waals surface area contributed by atoms with Gasteiger partial charge >= 0.3 is 0 Å². The van der Waals surface area contributed by atoms with Crippen molar-refractivity contribution in [3.8, 4) is 6.07 Å². The molecular weight excluding hydrogens is 246 g/mol. The van der Waals surface area contributed by atoms with Crippen molar-refractivity contribution in [2.45, 2.75) is 13.5 Å². The summed E-state index contributed by atoms with van der Waals surface area (Å²) in [5, 5.41) is 12.7. The molecule has 3 nitrogen and oxygen atoms in total.